The first-order valence-corrected chi connectivity index (χ1v) is 8.94. The van der Waals surface area contributed by atoms with Crippen molar-refractivity contribution in [3.8, 4) is 17.1 Å². The molecule has 1 aromatic heterocycles. The van der Waals surface area contributed by atoms with Crippen LogP contribution in [0.4, 0.5) is 0 Å². The molecule has 0 atom stereocenters. The highest BCUT2D eigenvalue weighted by Gasteiger charge is 2.29. The van der Waals surface area contributed by atoms with Gasteiger partial charge in [-0.05, 0) is 38.3 Å². The second-order valence-corrected chi connectivity index (χ2v) is 7.53. The van der Waals surface area contributed by atoms with Gasteiger partial charge in [0, 0.05) is 11.0 Å². The SMILES string of the molecule is CCC(C)(C)c1nnc(-c2ccccc2)n1-c1c(C)cc(C)cc1C. The van der Waals surface area contributed by atoms with E-state index in [4.69, 9.17) is 0 Å². The number of hydrogen-bond donors (Lipinski definition) is 0. The quantitative estimate of drug-likeness (QED) is 0.627. The Morgan fingerprint density at radius 1 is 0.920 bits per heavy atom. The fraction of sp³-hybridized carbons (Fsp3) is 0.364. The molecule has 0 aliphatic rings. The van der Waals surface area contributed by atoms with E-state index in [1.807, 2.05) is 18.2 Å². The van der Waals surface area contributed by atoms with E-state index in [-0.39, 0.29) is 5.41 Å². The summed E-state index contributed by atoms with van der Waals surface area (Å²) in [6.07, 6.45) is 1.00. The minimum Gasteiger partial charge on any atom is -0.278 e. The molecule has 0 fully saturated rings. The number of hydrogen-bond acceptors (Lipinski definition) is 2. The summed E-state index contributed by atoms with van der Waals surface area (Å²) in [6.45, 7) is 13.2. The first-order valence-electron chi connectivity index (χ1n) is 8.94. The number of aromatic nitrogens is 3. The van der Waals surface area contributed by atoms with Crippen LogP contribution in [0.5, 0.6) is 0 Å². The molecule has 0 bridgehead atoms. The third kappa shape index (κ3) is 3.11. The molecule has 3 aromatic rings. The monoisotopic (exact) mass is 333 g/mol. The summed E-state index contributed by atoms with van der Waals surface area (Å²) in [5.74, 6) is 1.93. The summed E-state index contributed by atoms with van der Waals surface area (Å²) >= 11 is 0. The topological polar surface area (TPSA) is 30.7 Å². The maximum Gasteiger partial charge on any atom is 0.168 e. The lowest BCUT2D eigenvalue weighted by Crippen LogP contribution is -2.22. The van der Waals surface area contributed by atoms with Crippen molar-refractivity contribution in [2.75, 3.05) is 0 Å². The van der Waals surface area contributed by atoms with Gasteiger partial charge < -0.3 is 0 Å². The predicted molar refractivity (Wildman–Crippen MR) is 104 cm³/mol. The zero-order valence-corrected chi connectivity index (χ0v) is 16.1. The molecule has 0 amide bonds. The van der Waals surface area contributed by atoms with Gasteiger partial charge in [0.25, 0.3) is 0 Å². The van der Waals surface area contributed by atoms with Gasteiger partial charge in [0.1, 0.15) is 5.82 Å². The van der Waals surface area contributed by atoms with Crippen LogP contribution >= 0.6 is 0 Å². The summed E-state index contributed by atoms with van der Waals surface area (Å²) in [7, 11) is 0. The van der Waals surface area contributed by atoms with Crippen LogP contribution < -0.4 is 0 Å². The zero-order valence-electron chi connectivity index (χ0n) is 16.1. The van der Waals surface area contributed by atoms with E-state index < -0.39 is 0 Å². The second-order valence-electron chi connectivity index (χ2n) is 7.53. The van der Waals surface area contributed by atoms with E-state index in [2.05, 4.69) is 80.6 Å². The molecule has 0 saturated carbocycles. The summed E-state index contributed by atoms with van der Waals surface area (Å²) in [5, 5.41) is 9.22. The van der Waals surface area contributed by atoms with Crippen molar-refractivity contribution in [1.82, 2.24) is 14.8 Å². The van der Waals surface area contributed by atoms with E-state index in [9.17, 15) is 0 Å². The van der Waals surface area contributed by atoms with Crippen molar-refractivity contribution in [3.05, 3.63) is 65.0 Å². The van der Waals surface area contributed by atoms with Gasteiger partial charge in [0.05, 0.1) is 5.69 Å². The molecular formula is C22H27N3. The van der Waals surface area contributed by atoms with Gasteiger partial charge in [0.15, 0.2) is 5.82 Å². The van der Waals surface area contributed by atoms with E-state index in [1.54, 1.807) is 0 Å². The fourth-order valence-corrected chi connectivity index (χ4v) is 3.39. The minimum atomic E-state index is -0.0518. The normalized spacial score (nSPS) is 11.8. The van der Waals surface area contributed by atoms with Crippen LogP contribution in [0.25, 0.3) is 17.1 Å². The molecule has 3 rings (SSSR count). The first kappa shape index (κ1) is 17.4. The largest absolute Gasteiger partial charge is 0.278 e. The molecule has 0 spiro atoms. The maximum absolute atomic E-state index is 4.63. The van der Waals surface area contributed by atoms with Crippen molar-refractivity contribution in [1.29, 1.82) is 0 Å². The number of benzene rings is 2. The molecule has 130 valence electrons. The Bertz CT molecular complexity index is 866. The Labute approximate surface area is 150 Å². The molecule has 3 nitrogen and oxygen atoms in total. The smallest absolute Gasteiger partial charge is 0.168 e. The van der Waals surface area contributed by atoms with Crippen LogP contribution in [0.15, 0.2) is 42.5 Å². The average Bonchev–Trinajstić information content (AvgIpc) is 3.00. The van der Waals surface area contributed by atoms with E-state index in [0.29, 0.717) is 0 Å². The highest BCUT2D eigenvalue weighted by molar-refractivity contribution is 5.62. The number of rotatable bonds is 4. The number of nitrogens with zero attached hydrogens (tertiary/aromatic N) is 3. The molecule has 1 heterocycles. The highest BCUT2D eigenvalue weighted by Crippen LogP contribution is 2.34. The van der Waals surface area contributed by atoms with Crippen LogP contribution in [0.1, 0.15) is 49.7 Å². The van der Waals surface area contributed by atoms with Gasteiger partial charge in [-0.3, -0.25) is 4.57 Å². The maximum atomic E-state index is 4.63. The van der Waals surface area contributed by atoms with Crippen LogP contribution in [0.3, 0.4) is 0 Å². The molecule has 25 heavy (non-hydrogen) atoms. The predicted octanol–water partition coefficient (Wildman–Crippen LogP) is 5.55. The lowest BCUT2D eigenvalue weighted by molar-refractivity contribution is 0.464. The zero-order chi connectivity index (χ0) is 18.2. The van der Waals surface area contributed by atoms with Crippen LogP contribution in [0, 0.1) is 20.8 Å². The minimum absolute atomic E-state index is 0.0518. The molecule has 0 radical (unpaired) electrons. The summed E-state index contributed by atoms with van der Waals surface area (Å²) in [6, 6.07) is 14.8. The van der Waals surface area contributed by atoms with Gasteiger partial charge >= 0.3 is 0 Å². The van der Waals surface area contributed by atoms with E-state index in [1.165, 1.54) is 22.4 Å². The third-order valence-electron chi connectivity index (χ3n) is 5.04. The third-order valence-corrected chi connectivity index (χ3v) is 5.04. The van der Waals surface area contributed by atoms with Gasteiger partial charge in [-0.15, -0.1) is 10.2 Å². The lowest BCUT2D eigenvalue weighted by atomic mass is 9.88. The first-order chi connectivity index (χ1) is 11.8. The Balaban J connectivity index is 2.36. The van der Waals surface area contributed by atoms with Crippen molar-refractivity contribution in [2.45, 2.75) is 53.4 Å². The van der Waals surface area contributed by atoms with E-state index in [0.717, 1.165) is 23.6 Å². The molecule has 0 N–H and O–H groups in total. The van der Waals surface area contributed by atoms with Gasteiger partial charge in [0.2, 0.25) is 0 Å². The highest BCUT2D eigenvalue weighted by atomic mass is 15.3. The summed E-state index contributed by atoms with van der Waals surface area (Å²) in [4.78, 5) is 0. The lowest BCUT2D eigenvalue weighted by Gasteiger charge is -2.25. The van der Waals surface area contributed by atoms with Crippen LogP contribution in [-0.2, 0) is 5.41 Å². The second kappa shape index (κ2) is 6.47. The van der Waals surface area contributed by atoms with Crippen LogP contribution in [-0.4, -0.2) is 14.8 Å². The molecule has 0 unspecified atom stereocenters. The van der Waals surface area contributed by atoms with Crippen molar-refractivity contribution in [3.63, 3.8) is 0 Å². The Morgan fingerprint density at radius 2 is 1.52 bits per heavy atom. The molecular weight excluding hydrogens is 306 g/mol. The standard InChI is InChI=1S/C22H27N3/c1-7-22(5,6)21-24-23-20(18-11-9-8-10-12-18)25(21)19-16(3)13-15(2)14-17(19)4/h8-14H,7H2,1-6H3. The average molecular weight is 333 g/mol. The Hall–Kier alpha value is -2.42. The summed E-state index contributed by atoms with van der Waals surface area (Å²) in [5.41, 5.74) is 6.03. The molecule has 3 heteroatoms. The molecule has 2 aromatic carbocycles. The van der Waals surface area contributed by atoms with Crippen LogP contribution in [0.2, 0.25) is 0 Å². The summed E-state index contributed by atoms with van der Waals surface area (Å²) < 4.78 is 2.27. The molecule has 0 aliphatic carbocycles. The Kier molecular flexibility index (Phi) is 4.51. The molecule has 0 saturated heterocycles. The van der Waals surface area contributed by atoms with Crippen molar-refractivity contribution < 1.29 is 0 Å². The van der Waals surface area contributed by atoms with Crippen molar-refractivity contribution >= 4 is 0 Å². The Morgan fingerprint density at radius 3 is 2.08 bits per heavy atom. The van der Waals surface area contributed by atoms with Gasteiger partial charge in [-0.2, -0.15) is 0 Å². The fourth-order valence-electron chi connectivity index (χ4n) is 3.39. The number of aryl methyl sites for hydroxylation is 3. The van der Waals surface area contributed by atoms with Crippen molar-refractivity contribution in [2.24, 2.45) is 0 Å². The molecule has 0 aliphatic heterocycles. The van der Waals surface area contributed by atoms with Gasteiger partial charge in [-0.25, -0.2) is 0 Å². The van der Waals surface area contributed by atoms with Gasteiger partial charge in [-0.1, -0.05) is 68.8 Å². The van der Waals surface area contributed by atoms with E-state index >= 15 is 0 Å².